The fraction of sp³-hybridized carbons (Fsp3) is 0.235. The minimum absolute atomic E-state index is 0.136. The molecule has 0 spiro atoms. The van der Waals surface area contributed by atoms with E-state index in [1.54, 1.807) is 12.1 Å². The average molecular weight is 265 g/mol. The van der Waals surface area contributed by atoms with Gasteiger partial charge in [0.15, 0.2) is 0 Å². The van der Waals surface area contributed by atoms with E-state index in [9.17, 15) is 0 Å². The van der Waals surface area contributed by atoms with E-state index in [1.807, 2.05) is 18.2 Å². The van der Waals surface area contributed by atoms with Gasteiger partial charge in [0.05, 0.1) is 11.3 Å². The number of anilines is 3. The molecule has 0 radical (unpaired) electrons. The maximum absolute atomic E-state index is 9.13. The van der Waals surface area contributed by atoms with Gasteiger partial charge >= 0.3 is 0 Å². The molecular weight excluding hydrogens is 246 g/mol. The Morgan fingerprint density at radius 2 is 1.70 bits per heavy atom. The lowest BCUT2D eigenvalue weighted by molar-refractivity contribution is 0.590. The van der Waals surface area contributed by atoms with E-state index in [2.05, 4.69) is 44.3 Å². The van der Waals surface area contributed by atoms with Crippen molar-refractivity contribution in [2.75, 3.05) is 11.1 Å². The van der Waals surface area contributed by atoms with E-state index in [-0.39, 0.29) is 5.41 Å². The third-order valence-electron chi connectivity index (χ3n) is 3.19. The molecule has 0 bridgehead atoms. The molecule has 102 valence electrons. The third kappa shape index (κ3) is 3.10. The molecule has 0 amide bonds. The van der Waals surface area contributed by atoms with Gasteiger partial charge in [0.1, 0.15) is 6.07 Å². The zero-order valence-electron chi connectivity index (χ0n) is 12.1. The number of hydrogen-bond donors (Lipinski definition) is 2. The molecule has 3 N–H and O–H groups in total. The van der Waals surface area contributed by atoms with E-state index in [1.165, 1.54) is 5.56 Å². The summed E-state index contributed by atoms with van der Waals surface area (Å²) < 4.78 is 0. The quantitative estimate of drug-likeness (QED) is 0.801. The maximum Gasteiger partial charge on any atom is 0.101 e. The van der Waals surface area contributed by atoms with Crippen LogP contribution < -0.4 is 11.1 Å². The number of hydrogen-bond acceptors (Lipinski definition) is 3. The van der Waals surface area contributed by atoms with Gasteiger partial charge in [-0.3, -0.25) is 0 Å². The molecular formula is C17H19N3. The van der Waals surface area contributed by atoms with Crippen LogP contribution in [0.2, 0.25) is 0 Å². The van der Waals surface area contributed by atoms with Crippen molar-refractivity contribution in [2.45, 2.75) is 26.2 Å². The van der Waals surface area contributed by atoms with E-state index in [0.29, 0.717) is 11.3 Å². The van der Waals surface area contributed by atoms with Gasteiger partial charge in [0.2, 0.25) is 0 Å². The fourth-order valence-corrected chi connectivity index (χ4v) is 1.97. The molecule has 0 atom stereocenters. The molecule has 20 heavy (non-hydrogen) atoms. The summed E-state index contributed by atoms with van der Waals surface area (Å²) in [5, 5.41) is 12.4. The number of nitrogen functional groups attached to an aromatic ring is 1. The van der Waals surface area contributed by atoms with Gasteiger partial charge in [-0.2, -0.15) is 5.26 Å². The zero-order valence-corrected chi connectivity index (χ0v) is 12.1. The molecule has 2 rings (SSSR count). The standard InChI is InChI=1S/C17H19N3/c1-17(2,3)13-4-7-15(8-5-13)20-16-9-6-14(19)10-12(16)11-18/h4-10,20H,19H2,1-3H3. The lowest BCUT2D eigenvalue weighted by atomic mass is 9.87. The van der Waals surface area contributed by atoms with Crippen LogP contribution in [-0.4, -0.2) is 0 Å². The highest BCUT2D eigenvalue weighted by molar-refractivity contribution is 5.69. The van der Waals surface area contributed by atoms with E-state index in [4.69, 9.17) is 11.0 Å². The molecule has 0 saturated heterocycles. The normalized spacial score (nSPS) is 10.9. The summed E-state index contributed by atoms with van der Waals surface area (Å²) >= 11 is 0. The second-order valence-corrected chi connectivity index (χ2v) is 5.87. The van der Waals surface area contributed by atoms with E-state index >= 15 is 0 Å². The molecule has 0 heterocycles. The first-order valence-electron chi connectivity index (χ1n) is 6.57. The van der Waals surface area contributed by atoms with Crippen molar-refractivity contribution in [1.82, 2.24) is 0 Å². The minimum atomic E-state index is 0.136. The second kappa shape index (κ2) is 5.26. The van der Waals surface area contributed by atoms with Gasteiger partial charge in [-0.15, -0.1) is 0 Å². The van der Waals surface area contributed by atoms with Gasteiger partial charge in [-0.25, -0.2) is 0 Å². The number of rotatable bonds is 2. The lowest BCUT2D eigenvalue weighted by Crippen LogP contribution is -2.10. The third-order valence-corrected chi connectivity index (χ3v) is 3.19. The number of nitrogens with two attached hydrogens (primary N) is 1. The smallest absolute Gasteiger partial charge is 0.101 e. The van der Waals surface area contributed by atoms with Crippen molar-refractivity contribution in [3.8, 4) is 6.07 Å². The number of nitrogens with one attached hydrogen (secondary N) is 1. The first kappa shape index (κ1) is 14.0. The van der Waals surface area contributed by atoms with Crippen LogP contribution >= 0.6 is 0 Å². The number of nitrogens with zero attached hydrogens (tertiary/aromatic N) is 1. The summed E-state index contributed by atoms with van der Waals surface area (Å²) in [6.45, 7) is 6.55. The fourth-order valence-electron chi connectivity index (χ4n) is 1.97. The van der Waals surface area contributed by atoms with Crippen molar-refractivity contribution >= 4 is 17.1 Å². The van der Waals surface area contributed by atoms with Gasteiger partial charge in [0.25, 0.3) is 0 Å². The molecule has 2 aromatic rings. The van der Waals surface area contributed by atoms with Crippen molar-refractivity contribution in [1.29, 1.82) is 5.26 Å². The highest BCUT2D eigenvalue weighted by Gasteiger charge is 2.13. The topological polar surface area (TPSA) is 61.8 Å². The van der Waals surface area contributed by atoms with Gasteiger partial charge < -0.3 is 11.1 Å². The summed E-state index contributed by atoms with van der Waals surface area (Å²) in [6.07, 6.45) is 0. The van der Waals surface area contributed by atoms with Crippen LogP contribution in [0.15, 0.2) is 42.5 Å². The van der Waals surface area contributed by atoms with Crippen LogP contribution in [0.4, 0.5) is 17.1 Å². The Balaban J connectivity index is 2.25. The molecule has 0 unspecified atom stereocenters. The Labute approximate surface area is 120 Å². The Hall–Kier alpha value is -2.47. The van der Waals surface area contributed by atoms with Crippen LogP contribution in [0.1, 0.15) is 31.9 Å². The molecule has 0 saturated carbocycles. The predicted octanol–water partition coefficient (Wildman–Crippen LogP) is 4.18. The monoisotopic (exact) mass is 265 g/mol. The first-order chi connectivity index (χ1) is 9.40. The van der Waals surface area contributed by atoms with Gasteiger partial charge in [-0.1, -0.05) is 32.9 Å². The van der Waals surface area contributed by atoms with Gasteiger partial charge in [-0.05, 0) is 41.3 Å². The number of nitriles is 1. The maximum atomic E-state index is 9.13. The summed E-state index contributed by atoms with van der Waals surface area (Å²) in [6, 6.07) is 15.7. The summed E-state index contributed by atoms with van der Waals surface area (Å²) in [7, 11) is 0. The highest BCUT2D eigenvalue weighted by Crippen LogP contribution is 2.26. The van der Waals surface area contributed by atoms with Crippen LogP contribution in [0, 0.1) is 11.3 Å². The van der Waals surface area contributed by atoms with Crippen molar-refractivity contribution < 1.29 is 0 Å². The average Bonchev–Trinajstić information content (AvgIpc) is 2.40. The Kier molecular flexibility index (Phi) is 3.67. The van der Waals surface area contributed by atoms with E-state index in [0.717, 1.165) is 11.4 Å². The minimum Gasteiger partial charge on any atom is -0.399 e. The van der Waals surface area contributed by atoms with Crippen LogP contribution in [0.5, 0.6) is 0 Å². The van der Waals surface area contributed by atoms with E-state index < -0.39 is 0 Å². The van der Waals surface area contributed by atoms with Crippen molar-refractivity contribution in [2.24, 2.45) is 0 Å². The largest absolute Gasteiger partial charge is 0.399 e. The molecule has 0 aliphatic carbocycles. The zero-order chi connectivity index (χ0) is 14.8. The van der Waals surface area contributed by atoms with Crippen LogP contribution in [0.25, 0.3) is 0 Å². The molecule has 3 nitrogen and oxygen atoms in total. The molecule has 0 aromatic heterocycles. The highest BCUT2D eigenvalue weighted by atomic mass is 14.9. The Morgan fingerprint density at radius 3 is 2.25 bits per heavy atom. The molecule has 0 aliphatic heterocycles. The Morgan fingerprint density at radius 1 is 1.05 bits per heavy atom. The summed E-state index contributed by atoms with van der Waals surface area (Å²) in [5.74, 6) is 0. The van der Waals surface area contributed by atoms with Crippen LogP contribution in [0.3, 0.4) is 0 Å². The van der Waals surface area contributed by atoms with Crippen molar-refractivity contribution in [3.05, 3.63) is 53.6 Å². The predicted molar refractivity (Wildman–Crippen MR) is 84.0 cm³/mol. The Bertz CT molecular complexity index is 643. The molecule has 0 fully saturated rings. The molecule has 2 aromatic carbocycles. The van der Waals surface area contributed by atoms with Crippen molar-refractivity contribution in [3.63, 3.8) is 0 Å². The first-order valence-corrected chi connectivity index (χ1v) is 6.57. The SMILES string of the molecule is CC(C)(C)c1ccc(Nc2ccc(N)cc2C#N)cc1. The molecule has 3 heteroatoms. The molecule has 0 aliphatic rings. The van der Waals surface area contributed by atoms with Crippen LogP contribution in [-0.2, 0) is 5.41 Å². The van der Waals surface area contributed by atoms with Gasteiger partial charge in [0, 0.05) is 11.4 Å². The summed E-state index contributed by atoms with van der Waals surface area (Å²) in [5.41, 5.74) is 9.97. The lowest BCUT2D eigenvalue weighted by Gasteiger charge is -2.19. The number of benzene rings is 2. The second-order valence-electron chi connectivity index (χ2n) is 5.87. The summed E-state index contributed by atoms with van der Waals surface area (Å²) in [4.78, 5) is 0.